The number of hydrogen-bond donors (Lipinski definition) is 1. The molecule has 124 valence electrons. The van der Waals surface area contributed by atoms with Crippen LogP contribution in [0.15, 0.2) is 52.1 Å². The Bertz CT molecular complexity index is 1220. The summed E-state index contributed by atoms with van der Waals surface area (Å²) in [5, 5.41) is 1.40. The number of benzene rings is 2. The zero-order valence-corrected chi connectivity index (χ0v) is 14.4. The van der Waals surface area contributed by atoms with Crippen LogP contribution in [0.3, 0.4) is 0 Å². The molecule has 1 N–H and O–H groups in total. The number of hydrogen-bond acceptors (Lipinski definition) is 3. The summed E-state index contributed by atoms with van der Waals surface area (Å²) < 4.78 is 1.82. The van der Waals surface area contributed by atoms with E-state index in [1.807, 2.05) is 48.7 Å². The fourth-order valence-electron chi connectivity index (χ4n) is 3.15. The zero-order chi connectivity index (χ0) is 17.7. The summed E-state index contributed by atoms with van der Waals surface area (Å²) in [5.41, 5.74) is 3.00. The Morgan fingerprint density at radius 2 is 1.84 bits per heavy atom. The van der Waals surface area contributed by atoms with Crippen LogP contribution in [0.1, 0.15) is 11.1 Å². The van der Waals surface area contributed by atoms with Gasteiger partial charge in [0.15, 0.2) is 5.82 Å². The van der Waals surface area contributed by atoms with Crippen molar-refractivity contribution in [2.75, 3.05) is 0 Å². The number of halogens is 1. The highest BCUT2D eigenvalue weighted by molar-refractivity contribution is 6.31. The molecule has 0 radical (unpaired) electrons. The van der Waals surface area contributed by atoms with E-state index in [-0.39, 0.29) is 0 Å². The highest BCUT2D eigenvalue weighted by atomic mass is 35.5. The lowest BCUT2D eigenvalue weighted by molar-refractivity contribution is 0.954. The van der Waals surface area contributed by atoms with E-state index < -0.39 is 11.2 Å². The third kappa shape index (κ3) is 2.53. The van der Waals surface area contributed by atoms with Gasteiger partial charge >= 0.3 is 5.69 Å². The molecule has 2 aliphatic rings. The average molecular weight is 352 g/mol. The molecule has 2 aliphatic heterocycles. The van der Waals surface area contributed by atoms with Crippen molar-refractivity contribution >= 4 is 22.5 Å². The van der Waals surface area contributed by atoms with Gasteiger partial charge in [-0.15, -0.1) is 0 Å². The van der Waals surface area contributed by atoms with E-state index in [0.717, 1.165) is 27.7 Å². The molecule has 2 aromatic rings. The minimum Gasteiger partial charge on any atom is -0.293 e. The van der Waals surface area contributed by atoms with Gasteiger partial charge in [0.05, 0.1) is 16.8 Å². The zero-order valence-electron chi connectivity index (χ0n) is 13.6. The highest BCUT2D eigenvalue weighted by Crippen LogP contribution is 2.30. The quantitative estimate of drug-likeness (QED) is 0.534. The molecule has 0 amide bonds. The van der Waals surface area contributed by atoms with Crippen molar-refractivity contribution in [1.82, 2.24) is 14.5 Å². The average Bonchev–Trinajstić information content (AvgIpc) is 2.54. The maximum Gasteiger partial charge on any atom is 0.349 e. The molecular formula is C19H14ClN3O2. The van der Waals surface area contributed by atoms with Crippen LogP contribution in [0.5, 0.6) is 0 Å². The molecule has 6 heteroatoms. The largest absolute Gasteiger partial charge is 0.349 e. The van der Waals surface area contributed by atoms with Gasteiger partial charge in [-0.2, -0.15) is 4.98 Å². The van der Waals surface area contributed by atoms with Crippen LogP contribution < -0.4 is 11.2 Å². The van der Waals surface area contributed by atoms with Gasteiger partial charge in [0.2, 0.25) is 0 Å². The second kappa shape index (κ2) is 5.57. The van der Waals surface area contributed by atoms with Crippen LogP contribution in [0, 0.1) is 13.8 Å². The molecule has 2 heterocycles. The standard InChI is InChI=1S/C19H14ClN3O2/c1-10-3-6-15(11(2)7-10)23-16-9-13(20)5-4-12(16)8-14-17(23)21-19(25)22-18(14)24/h3-9H,1-2H3,(H,22,24,25). The lowest BCUT2D eigenvalue weighted by Crippen LogP contribution is -2.27. The maximum absolute atomic E-state index is 12.3. The van der Waals surface area contributed by atoms with Crippen LogP contribution in [0.25, 0.3) is 28.0 Å². The van der Waals surface area contributed by atoms with Crippen molar-refractivity contribution in [3.8, 4) is 17.1 Å². The first kappa shape index (κ1) is 15.6. The van der Waals surface area contributed by atoms with Crippen LogP contribution in [0.2, 0.25) is 5.02 Å². The first-order chi connectivity index (χ1) is 11.9. The minimum atomic E-state index is -0.669. The smallest absolute Gasteiger partial charge is 0.293 e. The van der Waals surface area contributed by atoms with Gasteiger partial charge < -0.3 is 0 Å². The third-order valence-electron chi connectivity index (χ3n) is 4.25. The first-order valence-electron chi connectivity index (χ1n) is 7.77. The van der Waals surface area contributed by atoms with Gasteiger partial charge in [0.25, 0.3) is 5.56 Å². The van der Waals surface area contributed by atoms with Crippen molar-refractivity contribution < 1.29 is 0 Å². The predicted molar refractivity (Wildman–Crippen MR) is 99.1 cm³/mol. The summed E-state index contributed by atoms with van der Waals surface area (Å²) in [6, 6.07) is 13.1. The van der Waals surface area contributed by atoms with E-state index in [2.05, 4.69) is 9.97 Å². The first-order valence-corrected chi connectivity index (χ1v) is 8.15. The highest BCUT2D eigenvalue weighted by Gasteiger charge is 2.19. The third-order valence-corrected chi connectivity index (χ3v) is 4.49. The van der Waals surface area contributed by atoms with Crippen molar-refractivity contribution in [3.05, 3.63) is 79.5 Å². The Hall–Kier alpha value is -2.92. The second-order valence-electron chi connectivity index (χ2n) is 6.08. The molecular weight excluding hydrogens is 338 g/mol. The van der Waals surface area contributed by atoms with Crippen LogP contribution in [0.4, 0.5) is 0 Å². The number of aromatic nitrogens is 3. The van der Waals surface area contributed by atoms with Gasteiger partial charge in [-0.25, -0.2) is 4.79 Å². The monoisotopic (exact) mass is 351 g/mol. The van der Waals surface area contributed by atoms with Crippen LogP contribution >= 0.6 is 11.6 Å². The summed E-state index contributed by atoms with van der Waals surface area (Å²) in [7, 11) is 0. The Balaban J connectivity index is 2.27. The van der Waals surface area contributed by atoms with Crippen LogP contribution in [-0.4, -0.2) is 14.5 Å². The van der Waals surface area contributed by atoms with E-state index in [4.69, 9.17) is 11.6 Å². The molecule has 4 rings (SSSR count). The molecule has 0 aliphatic carbocycles. The molecule has 0 saturated heterocycles. The van der Waals surface area contributed by atoms with Crippen molar-refractivity contribution in [2.45, 2.75) is 13.8 Å². The minimum absolute atomic E-state index is 0.315. The molecule has 0 atom stereocenters. The molecule has 0 spiro atoms. The Morgan fingerprint density at radius 1 is 1.04 bits per heavy atom. The van der Waals surface area contributed by atoms with Gasteiger partial charge in [-0.05, 0) is 49.1 Å². The fraction of sp³-hybridized carbons (Fsp3) is 0.105. The van der Waals surface area contributed by atoms with Gasteiger partial charge in [0.1, 0.15) is 0 Å². The number of nitrogens with zero attached hydrogens (tertiary/aromatic N) is 2. The normalized spacial score (nSPS) is 11.3. The number of nitrogens with one attached hydrogen (secondary N) is 1. The summed E-state index contributed by atoms with van der Waals surface area (Å²) in [6.45, 7) is 3.99. The van der Waals surface area contributed by atoms with E-state index in [0.29, 0.717) is 16.4 Å². The number of pyridine rings is 1. The molecule has 0 unspecified atom stereocenters. The van der Waals surface area contributed by atoms with Crippen LogP contribution in [-0.2, 0) is 0 Å². The van der Waals surface area contributed by atoms with Crippen molar-refractivity contribution in [2.24, 2.45) is 0 Å². The maximum atomic E-state index is 12.3. The molecule has 0 fully saturated rings. The van der Waals surface area contributed by atoms with Gasteiger partial charge in [-0.3, -0.25) is 14.3 Å². The van der Waals surface area contributed by atoms with Crippen molar-refractivity contribution in [3.63, 3.8) is 0 Å². The number of rotatable bonds is 1. The summed E-state index contributed by atoms with van der Waals surface area (Å²) >= 11 is 6.19. The molecule has 25 heavy (non-hydrogen) atoms. The molecule has 2 aromatic carbocycles. The summed E-state index contributed by atoms with van der Waals surface area (Å²) in [4.78, 5) is 30.4. The van der Waals surface area contributed by atoms with E-state index in [1.165, 1.54) is 0 Å². The van der Waals surface area contributed by atoms with E-state index in [9.17, 15) is 9.59 Å². The second-order valence-corrected chi connectivity index (χ2v) is 6.52. The van der Waals surface area contributed by atoms with Gasteiger partial charge in [0, 0.05) is 5.02 Å². The van der Waals surface area contributed by atoms with Crippen molar-refractivity contribution in [1.29, 1.82) is 0 Å². The van der Waals surface area contributed by atoms with E-state index in [1.54, 1.807) is 12.1 Å². The van der Waals surface area contributed by atoms with Gasteiger partial charge in [-0.1, -0.05) is 35.4 Å². The number of H-pyrrole nitrogens is 1. The summed E-state index contributed by atoms with van der Waals surface area (Å²) in [5.74, 6) is 0.315. The number of fused-ring (bicyclic) bond motifs is 2. The lowest BCUT2D eigenvalue weighted by Gasteiger charge is -2.19. The Morgan fingerprint density at radius 3 is 2.60 bits per heavy atom. The number of aromatic amines is 1. The lowest BCUT2D eigenvalue weighted by atomic mass is 10.1. The fourth-order valence-corrected chi connectivity index (χ4v) is 3.32. The Labute approximate surface area is 147 Å². The molecule has 0 saturated carbocycles. The number of aryl methyl sites for hydroxylation is 2. The summed E-state index contributed by atoms with van der Waals surface area (Å²) in [6.07, 6.45) is 0. The predicted octanol–water partition coefficient (Wildman–Crippen LogP) is 3.45. The topological polar surface area (TPSA) is 67.8 Å². The molecule has 5 nitrogen and oxygen atoms in total. The van der Waals surface area contributed by atoms with E-state index >= 15 is 0 Å². The Kier molecular flexibility index (Phi) is 3.47. The SMILES string of the molecule is Cc1ccc(-n2c3nc(=O)[nH]c(=O)c-3cc3ccc(Cl)cc32)c(C)c1. The molecule has 0 aromatic heterocycles. The molecule has 0 bridgehead atoms.